The maximum absolute atomic E-state index is 10.6. The van der Waals surface area contributed by atoms with Gasteiger partial charge in [-0.3, -0.25) is 10.1 Å². The van der Waals surface area contributed by atoms with Crippen molar-refractivity contribution in [1.82, 2.24) is 0 Å². The molecule has 4 nitrogen and oxygen atoms in total. The van der Waals surface area contributed by atoms with Gasteiger partial charge < -0.3 is 4.74 Å². The molecule has 0 N–H and O–H groups in total. The van der Waals surface area contributed by atoms with E-state index in [1.165, 1.54) is 29.2 Å². The first-order valence-electron chi connectivity index (χ1n) is 6.48. The maximum Gasteiger partial charge on any atom is 0.269 e. The Hall–Kier alpha value is -1.66. The molecule has 0 aromatic heterocycles. The van der Waals surface area contributed by atoms with Gasteiger partial charge in [0.15, 0.2) is 0 Å². The van der Waals surface area contributed by atoms with Crippen molar-refractivity contribution in [2.24, 2.45) is 0 Å². The summed E-state index contributed by atoms with van der Waals surface area (Å²) in [4.78, 5) is 10.2. The molecule has 1 heterocycles. The molecule has 2 aromatic carbocycles. The predicted octanol–water partition coefficient (Wildman–Crippen LogP) is 4.87. The van der Waals surface area contributed by atoms with E-state index in [-0.39, 0.29) is 5.69 Å². The molecule has 2 aromatic rings. The van der Waals surface area contributed by atoms with Gasteiger partial charge in [0, 0.05) is 23.6 Å². The molecule has 1 aliphatic heterocycles. The number of nitrogens with zero attached hydrogens (tertiary/aromatic N) is 1. The van der Waals surface area contributed by atoms with Crippen LogP contribution in [0.3, 0.4) is 0 Å². The summed E-state index contributed by atoms with van der Waals surface area (Å²) in [7, 11) is 0. The number of hydrogen-bond acceptors (Lipinski definition) is 5. The van der Waals surface area contributed by atoms with E-state index in [4.69, 9.17) is 4.74 Å². The molecule has 3 rings (SSSR count). The van der Waals surface area contributed by atoms with Gasteiger partial charge in [-0.25, -0.2) is 0 Å². The molecule has 21 heavy (non-hydrogen) atoms. The van der Waals surface area contributed by atoms with Crippen LogP contribution < -0.4 is 4.74 Å². The Bertz CT molecular complexity index is 622. The highest BCUT2D eigenvalue weighted by Gasteiger charge is 2.17. The van der Waals surface area contributed by atoms with Crippen molar-refractivity contribution in [3.8, 4) is 11.5 Å². The Balaban J connectivity index is 1.68. The topological polar surface area (TPSA) is 52.4 Å². The molecule has 0 bridgehead atoms. The Morgan fingerprint density at radius 2 is 1.48 bits per heavy atom. The second-order valence-electron chi connectivity index (χ2n) is 4.50. The lowest BCUT2D eigenvalue weighted by atomic mass is 10.2. The largest absolute Gasteiger partial charge is 0.457 e. The lowest BCUT2D eigenvalue weighted by Crippen LogP contribution is -1.89. The van der Waals surface area contributed by atoms with Gasteiger partial charge in [0.25, 0.3) is 5.69 Å². The fourth-order valence-corrected chi connectivity index (χ4v) is 4.88. The number of nitro benzene ring substituents is 1. The summed E-state index contributed by atoms with van der Waals surface area (Å²) in [6.07, 6.45) is 0. The quantitative estimate of drug-likeness (QED) is 0.594. The average molecular weight is 319 g/mol. The number of rotatable bonds is 4. The number of non-ortho nitro benzene ring substituents is 1. The van der Waals surface area contributed by atoms with Gasteiger partial charge in [0.1, 0.15) is 11.5 Å². The predicted molar refractivity (Wildman–Crippen MR) is 87.3 cm³/mol. The van der Waals surface area contributed by atoms with Crippen LogP contribution in [0.5, 0.6) is 11.5 Å². The summed E-state index contributed by atoms with van der Waals surface area (Å²) in [6.45, 7) is 0. The molecule has 0 saturated carbocycles. The third-order valence-electron chi connectivity index (χ3n) is 3.06. The molecule has 0 atom stereocenters. The Morgan fingerprint density at radius 1 is 0.952 bits per heavy atom. The van der Waals surface area contributed by atoms with Crippen LogP contribution in [-0.4, -0.2) is 16.4 Å². The normalized spacial score (nSPS) is 15.0. The first-order valence-corrected chi connectivity index (χ1v) is 8.57. The second-order valence-corrected chi connectivity index (χ2v) is 7.22. The molecule has 1 saturated heterocycles. The van der Waals surface area contributed by atoms with E-state index in [0.717, 1.165) is 5.75 Å². The van der Waals surface area contributed by atoms with Crippen molar-refractivity contribution >= 4 is 29.2 Å². The van der Waals surface area contributed by atoms with Crippen LogP contribution in [0.25, 0.3) is 0 Å². The van der Waals surface area contributed by atoms with Crippen LogP contribution in [0.4, 0.5) is 5.69 Å². The average Bonchev–Trinajstić information content (AvgIpc) is 3.03. The monoisotopic (exact) mass is 319 g/mol. The lowest BCUT2D eigenvalue weighted by molar-refractivity contribution is -0.384. The van der Waals surface area contributed by atoms with E-state index in [1.54, 1.807) is 12.1 Å². The van der Waals surface area contributed by atoms with Crippen LogP contribution >= 0.6 is 23.5 Å². The molecular formula is C15H13NO3S2. The van der Waals surface area contributed by atoms with Crippen LogP contribution in [0.2, 0.25) is 0 Å². The van der Waals surface area contributed by atoms with Gasteiger partial charge in [-0.05, 0) is 29.8 Å². The molecular weight excluding hydrogens is 306 g/mol. The number of ether oxygens (including phenoxy) is 1. The zero-order valence-corrected chi connectivity index (χ0v) is 12.7. The first-order chi connectivity index (χ1) is 10.2. The zero-order valence-electron chi connectivity index (χ0n) is 11.1. The fourth-order valence-electron chi connectivity index (χ4n) is 2.02. The molecule has 6 heteroatoms. The van der Waals surface area contributed by atoms with E-state index in [9.17, 15) is 10.1 Å². The summed E-state index contributed by atoms with van der Waals surface area (Å²) in [5, 5.41) is 10.6. The summed E-state index contributed by atoms with van der Waals surface area (Å²) < 4.78 is 6.22. The number of nitro groups is 1. The summed E-state index contributed by atoms with van der Waals surface area (Å²) in [5.41, 5.74) is 1.37. The number of hydrogen-bond donors (Lipinski definition) is 0. The van der Waals surface area contributed by atoms with Gasteiger partial charge in [-0.2, -0.15) is 0 Å². The van der Waals surface area contributed by atoms with Gasteiger partial charge in [0.05, 0.1) is 9.51 Å². The first kappa shape index (κ1) is 14.3. The smallest absolute Gasteiger partial charge is 0.269 e. The molecule has 108 valence electrons. The third kappa shape index (κ3) is 3.51. The van der Waals surface area contributed by atoms with Gasteiger partial charge in [-0.15, -0.1) is 23.5 Å². The lowest BCUT2D eigenvalue weighted by Gasteiger charge is -2.10. The molecule has 0 unspecified atom stereocenters. The highest BCUT2D eigenvalue weighted by Crippen LogP contribution is 2.45. The van der Waals surface area contributed by atoms with Crippen LogP contribution in [-0.2, 0) is 0 Å². The minimum absolute atomic E-state index is 0.0629. The van der Waals surface area contributed by atoms with Crippen molar-refractivity contribution in [3.05, 3.63) is 64.2 Å². The van der Waals surface area contributed by atoms with Crippen molar-refractivity contribution in [1.29, 1.82) is 0 Å². The highest BCUT2D eigenvalue weighted by atomic mass is 32.2. The van der Waals surface area contributed by atoms with E-state index < -0.39 is 4.92 Å². The second kappa shape index (κ2) is 6.41. The molecule has 0 aliphatic carbocycles. The minimum Gasteiger partial charge on any atom is -0.457 e. The molecule has 1 fully saturated rings. The Morgan fingerprint density at radius 3 is 2.00 bits per heavy atom. The van der Waals surface area contributed by atoms with Crippen LogP contribution in [0, 0.1) is 10.1 Å². The number of benzene rings is 2. The fraction of sp³-hybridized carbons (Fsp3) is 0.200. The van der Waals surface area contributed by atoms with Crippen molar-refractivity contribution in [3.63, 3.8) is 0 Å². The minimum atomic E-state index is -0.421. The summed E-state index contributed by atoms with van der Waals surface area (Å²) in [5.74, 6) is 3.74. The zero-order chi connectivity index (χ0) is 14.7. The Labute approximate surface area is 131 Å². The van der Waals surface area contributed by atoms with E-state index >= 15 is 0 Å². The van der Waals surface area contributed by atoms with Crippen LogP contribution in [0.1, 0.15) is 10.1 Å². The van der Waals surface area contributed by atoms with Crippen LogP contribution in [0.15, 0.2) is 48.5 Å². The number of thioether (sulfide) groups is 2. The van der Waals surface area contributed by atoms with E-state index in [1.807, 2.05) is 35.7 Å². The van der Waals surface area contributed by atoms with Crippen molar-refractivity contribution in [2.75, 3.05) is 11.5 Å². The molecule has 0 amide bonds. The van der Waals surface area contributed by atoms with Gasteiger partial charge >= 0.3 is 0 Å². The maximum atomic E-state index is 10.6. The summed E-state index contributed by atoms with van der Waals surface area (Å²) in [6, 6.07) is 14.1. The van der Waals surface area contributed by atoms with Crippen molar-refractivity contribution in [2.45, 2.75) is 4.58 Å². The standard InChI is InChI=1S/C15H13NO3S2/c17-16(18)12-3-7-14(8-4-12)19-13-5-1-11(2-6-13)15-20-9-10-21-15/h1-8,15H,9-10H2. The van der Waals surface area contributed by atoms with Crippen molar-refractivity contribution < 1.29 is 9.66 Å². The van der Waals surface area contributed by atoms with Gasteiger partial charge in [-0.1, -0.05) is 12.1 Å². The summed E-state index contributed by atoms with van der Waals surface area (Å²) >= 11 is 3.94. The highest BCUT2D eigenvalue weighted by molar-refractivity contribution is 8.19. The molecule has 0 spiro atoms. The van der Waals surface area contributed by atoms with E-state index in [2.05, 4.69) is 12.1 Å². The molecule has 0 radical (unpaired) electrons. The SMILES string of the molecule is O=[N+]([O-])c1ccc(Oc2ccc(C3SCCS3)cc2)cc1. The van der Waals surface area contributed by atoms with E-state index in [0.29, 0.717) is 10.3 Å². The Kier molecular flexibility index (Phi) is 4.36. The van der Waals surface area contributed by atoms with Gasteiger partial charge in [0.2, 0.25) is 0 Å². The molecule has 1 aliphatic rings. The third-order valence-corrected chi connectivity index (χ3v) is 6.16.